The third kappa shape index (κ3) is 2.83. The van der Waals surface area contributed by atoms with Crippen molar-refractivity contribution < 1.29 is 10.4 Å². The minimum atomic E-state index is -0.0311. The standard InChI is InChI=1S/C30H48N2O2/c1-19(2)20-10-15-30(18-31-33)17-16-28(6)21(25(20)30)8-9-23-27(5)13-12-24(32-34)26(3,4)22(27)11-14-29(23,28)7/h18,20-23,25,33-34H,1,8-17H2,2-7H3/b31-18+,32-24+/t20-,21+,22-,23+,25+,27-,28+,29+,30+/m0/s1. The van der Waals surface area contributed by atoms with Gasteiger partial charge in [-0.15, -0.1) is 5.16 Å². The van der Waals surface area contributed by atoms with E-state index in [4.69, 9.17) is 0 Å². The van der Waals surface area contributed by atoms with Gasteiger partial charge >= 0.3 is 0 Å². The summed E-state index contributed by atoms with van der Waals surface area (Å²) in [7, 11) is 0. The minimum Gasteiger partial charge on any atom is -0.411 e. The van der Waals surface area contributed by atoms with Crippen LogP contribution in [0.3, 0.4) is 0 Å². The molecule has 0 amide bonds. The third-order valence-electron chi connectivity index (χ3n) is 13.3. The Kier molecular flexibility index (Phi) is 5.44. The van der Waals surface area contributed by atoms with Crippen LogP contribution >= 0.6 is 0 Å². The SMILES string of the molecule is C=C(C)[C@@H]1CC[C@]2(/C=N/O)CC[C@]3(C)[C@H](CC[C@@H]4[C@@]5(C)CC/C(=N\O)C(C)(C)[C@@H]5CC[C@]43C)[C@@H]12. The molecule has 2 N–H and O–H groups in total. The summed E-state index contributed by atoms with van der Waals surface area (Å²) >= 11 is 0. The summed E-state index contributed by atoms with van der Waals surface area (Å²) in [6.45, 7) is 19.2. The van der Waals surface area contributed by atoms with Crippen LogP contribution in [-0.4, -0.2) is 22.3 Å². The molecule has 0 saturated heterocycles. The lowest BCUT2D eigenvalue weighted by atomic mass is 9.32. The van der Waals surface area contributed by atoms with E-state index in [1.165, 1.54) is 44.1 Å². The highest BCUT2D eigenvalue weighted by Gasteiger charge is 2.70. The number of oxime groups is 2. The minimum absolute atomic E-state index is 0.0311. The van der Waals surface area contributed by atoms with E-state index in [9.17, 15) is 10.4 Å². The molecular weight excluding hydrogens is 420 g/mol. The second kappa shape index (κ2) is 7.59. The van der Waals surface area contributed by atoms with Crippen LogP contribution in [0.2, 0.25) is 0 Å². The normalized spacial score (nSPS) is 53.1. The van der Waals surface area contributed by atoms with Crippen molar-refractivity contribution >= 4 is 11.9 Å². The topological polar surface area (TPSA) is 65.2 Å². The first-order valence-corrected chi connectivity index (χ1v) is 14.0. The molecule has 0 heterocycles. The van der Waals surface area contributed by atoms with Crippen LogP contribution in [0.25, 0.3) is 0 Å². The third-order valence-corrected chi connectivity index (χ3v) is 13.3. The summed E-state index contributed by atoms with van der Waals surface area (Å²) in [6.07, 6.45) is 13.8. The van der Waals surface area contributed by atoms with Gasteiger partial charge in [0.25, 0.3) is 0 Å². The second-order valence-electron chi connectivity index (χ2n) is 14.4. The van der Waals surface area contributed by atoms with Gasteiger partial charge in [-0.05, 0) is 117 Å². The fourth-order valence-corrected chi connectivity index (χ4v) is 11.5. The lowest BCUT2D eigenvalue weighted by Gasteiger charge is -2.72. The highest BCUT2D eigenvalue weighted by atomic mass is 16.4. The molecule has 190 valence electrons. The Labute approximate surface area is 207 Å². The van der Waals surface area contributed by atoms with E-state index in [2.05, 4.69) is 58.4 Å². The first-order chi connectivity index (χ1) is 15.9. The lowest BCUT2D eigenvalue weighted by molar-refractivity contribution is -0.222. The van der Waals surface area contributed by atoms with Crippen LogP contribution < -0.4 is 0 Å². The van der Waals surface area contributed by atoms with Crippen molar-refractivity contribution in [3.63, 3.8) is 0 Å². The molecule has 5 saturated carbocycles. The molecule has 0 unspecified atom stereocenters. The molecule has 9 atom stereocenters. The van der Waals surface area contributed by atoms with Crippen molar-refractivity contribution in [3.8, 4) is 0 Å². The maximum Gasteiger partial charge on any atom is 0.0630 e. The maximum absolute atomic E-state index is 9.76. The Balaban J connectivity index is 1.56. The van der Waals surface area contributed by atoms with Crippen molar-refractivity contribution in [2.45, 2.75) is 106 Å². The Morgan fingerprint density at radius 3 is 2.26 bits per heavy atom. The molecule has 5 aliphatic carbocycles. The second-order valence-corrected chi connectivity index (χ2v) is 14.4. The van der Waals surface area contributed by atoms with Gasteiger partial charge in [0.2, 0.25) is 0 Å². The van der Waals surface area contributed by atoms with Crippen molar-refractivity contribution in [1.82, 2.24) is 0 Å². The number of nitrogens with zero attached hydrogens (tertiary/aromatic N) is 2. The summed E-state index contributed by atoms with van der Waals surface area (Å²) in [5.41, 5.74) is 3.27. The van der Waals surface area contributed by atoms with Crippen LogP contribution in [-0.2, 0) is 0 Å². The number of fused-ring (bicyclic) bond motifs is 7. The van der Waals surface area contributed by atoms with E-state index in [0.717, 1.165) is 31.4 Å². The van der Waals surface area contributed by atoms with E-state index < -0.39 is 0 Å². The lowest BCUT2D eigenvalue weighted by Crippen LogP contribution is -2.66. The van der Waals surface area contributed by atoms with Crippen molar-refractivity contribution in [1.29, 1.82) is 0 Å². The van der Waals surface area contributed by atoms with E-state index in [-0.39, 0.29) is 10.8 Å². The molecule has 5 aliphatic rings. The van der Waals surface area contributed by atoms with Gasteiger partial charge in [-0.2, -0.15) is 0 Å². The first-order valence-electron chi connectivity index (χ1n) is 14.0. The fourth-order valence-electron chi connectivity index (χ4n) is 11.5. The van der Waals surface area contributed by atoms with Crippen LogP contribution in [0.4, 0.5) is 0 Å². The van der Waals surface area contributed by atoms with Gasteiger partial charge in [-0.1, -0.05) is 51.9 Å². The van der Waals surface area contributed by atoms with E-state index in [1.807, 2.05) is 6.21 Å². The van der Waals surface area contributed by atoms with Crippen LogP contribution in [0.5, 0.6) is 0 Å². The van der Waals surface area contributed by atoms with E-state index >= 15 is 0 Å². The Hall–Kier alpha value is -1.32. The Morgan fingerprint density at radius 1 is 0.882 bits per heavy atom. The van der Waals surface area contributed by atoms with Gasteiger partial charge in [0, 0.05) is 10.8 Å². The molecule has 5 rings (SSSR count). The molecule has 0 aromatic carbocycles. The molecule has 4 nitrogen and oxygen atoms in total. The molecule has 0 radical (unpaired) electrons. The first kappa shape index (κ1) is 24.4. The molecular formula is C30H48N2O2. The molecule has 0 aliphatic heterocycles. The molecule has 0 spiro atoms. The summed E-state index contributed by atoms with van der Waals surface area (Å²) in [5.74, 6) is 3.06. The largest absolute Gasteiger partial charge is 0.411 e. The monoisotopic (exact) mass is 468 g/mol. The molecule has 4 heteroatoms. The Morgan fingerprint density at radius 2 is 1.62 bits per heavy atom. The average molecular weight is 469 g/mol. The fraction of sp³-hybridized carbons (Fsp3) is 0.867. The molecule has 34 heavy (non-hydrogen) atoms. The zero-order valence-electron chi connectivity index (χ0n) is 22.5. The quantitative estimate of drug-likeness (QED) is 0.187. The van der Waals surface area contributed by atoms with Crippen LogP contribution in [0, 0.1) is 56.7 Å². The Bertz CT molecular complexity index is 923. The molecule has 0 bridgehead atoms. The number of rotatable bonds is 2. The summed E-state index contributed by atoms with van der Waals surface area (Å²) < 4.78 is 0. The van der Waals surface area contributed by atoms with Gasteiger partial charge in [0.05, 0.1) is 11.9 Å². The number of allylic oxidation sites excluding steroid dienone is 1. The molecule has 0 aromatic rings. The molecule has 0 aromatic heterocycles. The van der Waals surface area contributed by atoms with E-state index in [1.54, 1.807) is 0 Å². The summed E-state index contributed by atoms with van der Waals surface area (Å²) in [6, 6.07) is 0. The van der Waals surface area contributed by atoms with Gasteiger partial charge in [0.1, 0.15) is 0 Å². The van der Waals surface area contributed by atoms with Crippen molar-refractivity contribution in [2.24, 2.45) is 67.0 Å². The van der Waals surface area contributed by atoms with Crippen molar-refractivity contribution in [2.75, 3.05) is 0 Å². The average Bonchev–Trinajstić information content (AvgIpc) is 3.14. The zero-order valence-corrected chi connectivity index (χ0v) is 22.5. The number of hydrogen-bond donors (Lipinski definition) is 2. The van der Waals surface area contributed by atoms with Gasteiger partial charge in [0.15, 0.2) is 0 Å². The predicted molar refractivity (Wildman–Crippen MR) is 138 cm³/mol. The predicted octanol–water partition coefficient (Wildman–Crippen LogP) is 7.93. The summed E-state index contributed by atoms with van der Waals surface area (Å²) in [5, 5.41) is 26.9. The smallest absolute Gasteiger partial charge is 0.0630 e. The van der Waals surface area contributed by atoms with Gasteiger partial charge in [-0.25, -0.2) is 0 Å². The van der Waals surface area contributed by atoms with Crippen LogP contribution in [0.1, 0.15) is 106 Å². The zero-order chi connectivity index (χ0) is 24.7. The highest BCUT2D eigenvalue weighted by molar-refractivity contribution is 5.90. The number of hydrogen-bond acceptors (Lipinski definition) is 4. The maximum atomic E-state index is 9.76. The van der Waals surface area contributed by atoms with Gasteiger partial charge in [-0.3, -0.25) is 0 Å². The van der Waals surface area contributed by atoms with Gasteiger partial charge < -0.3 is 10.4 Å². The summed E-state index contributed by atoms with van der Waals surface area (Å²) in [4.78, 5) is 0. The molecule has 5 fully saturated rings. The van der Waals surface area contributed by atoms with Crippen molar-refractivity contribution in [3.05, 3.63) is 12.2 Å². The van der Waals surface area contributed by atoms with Crippen LogP contribution in [0.15, 0.2) is 22.5 Å². The van der Waals surface area contributed by atoms with E-state index in [0.29, 0.717) is 45.8 Å². The highest BCUT2D eigenvalue weighted by Crippen LogP contribution is 2.77.